The first-order valence-corrected chi connectivity index (χ1v) is 5.69. The van der Waals surface area contributed by atoms with Crippen LogP contribution < -0.4 is 5.32 Å². The van der Waals surface area contributed by atoms with Gasteiger partial charge in [0.2, 0.25) is 5.28 Å². The maximum absolute atomic E-state index is 11.1. The third-order valence-electron chi connectivity index (χ3n) is 2.69. The van der Waals surface area contributed by atoms with Crippen molar-refractivity contribution < 1.29 is 9.90 Å². The molecule has 1 aliphatic rings. The lowest BCUT2D eigenvalue weighted by atomic mass is 10.2. The molecule has 0 spiro atoms. The van der Waals surface area contributed by atoms with E-state index in [4.69, 9.17) is 16.7 Å². The minimum Gasteiger partial charge on any atom is -0.480 e. The fraction of sp³-hybridized carbons (Fsp3) is 0.500. The summed E-state index contributed by atoms with van der Waals surface area (Å²) in [6.07, 6.45) is 1.57. The van der Waals surface area contributed by atoms with Crippen LogP contribution in [0.2, 0.25) is 5.28 Å². The number of nitrogens with one attached hydrogen (secondary N) is 1. The maximum atomic E-state index is 11.1. The van der Waals surface area contributed by atoms with Crippen LogP contribution in [-0.4, -0.2) is 51.6 Å². The first kappa shape index (κ1) is 15.1. The lowest BCUT2D eigenvalue weighted by Gasteiger charge is -2.32. The van der Waals surface area contributed by atoms with E-state index < -0.39 is 12.0 Å². The van der Waals surface area contributed by atoms with E-state index in [0.29, 0.717) is 19.6 Å². The van der Waals surface area contributed by atoms with E-state index in [0.717, 1.165) is 12.2 Å². The van der Waals surface area contributed by atoms with Gasteiger partial charge in [0, 0.05) is 32.4 Å². The van der Waals surface area contributed by atoms with Crippen molar-refractivity contribution >= 4 is 30.0 Å². The van der Waals surface area contributed by atoms with Crippen molar-refractivity contribution in [2.24, 2.45) is 0 Å². The van der Waals surface area contributed by atoms with Gasteiger partial charge in [-0.15, -0.1) is 12.4 Å². The highest BCUT2D eigenvalue weighted by Crippen LogP contribution is 2.10. The van der Waals surface area contributed by atoms with Crippen LogP contribution in [0, 0.1) is 0 Å². The molecule has 6 nitrogen and oxygen atoms in total. The van der Waals surface area contributed by atoms with E-state index in [1.54, 1.807) is 12.3 Å². The predicted octanol–water partition coefficient (Wildman–Crippen LogP) is 0.410. The molecule has 0 bridgehead atoms. The molecule has 1 saturated heterocycles. The molecule has 0 saturated carbocycles. The van der Waals surface area contributed by atoms with Gasteiger partial charge in [-0.05, 0) is 17.7 Å². The Hall–Kier alpha value is -0.950. The molecule has 0 radical (unpaired) electrons. The second kappa shape index (κ2) is 6.84. The van der Waals surface area contributed by atoms with E-state index in [1.165, 1.54) is 0 Å². The standard InChI is InChI=1S/C10H13ClN4O2.ClH/c11-10-13-2-1-7(14-10)6-15-4-3-12-5-8(15)9(16)17;/h1-2,8,12H,3-6H2,(H,16,17);1H. The van der Waals surface area contributed by atoms with Gasteiger partial charge in [-0.1, -0.05) is 0 Å². The number of rotatable bonds is 3. The lowest BCUT2D eigenvalue weighted by molar-refractivity contribution is -0.144. The highest BCUT2D eigenvalue weighted by atomic mass is 35.5. The van der Waals surface area contributed by atoms with Gasteiger partial charge in [0.05, 0.1) is 5.69 Å². The van der Waals surface area contributed by atoms with Crippen LogP contribution >= 0.6 is 24.0 Å². The number of nitrogens with zero attached hydrogens (tertiary/aromatic N) is 3. The quantitative estimate of drug-likeness (QED) is 0.786. The minimum atomic E-state index is -0.822. The molecule has 2 heterocycles. The van der Waals surface area contributed by atoms with Gasteiger partial charge in [0.15, 0.2) is 0 Å². The molecule has 0 aliphatic carbocycles. The summed E-state index contributed by atoms with van der Waals surface area (Å²) >= 11 is 5.69. The summed E-state index contributed by atoms with van der Waals surface area (Å²) in [5.74, 6) is -0.822. The summed E-state index contributed by atoms with van der Waals surface area (Å²) in [7, 11) is 0. The molecular formula is C10H14Cl2N4O2. The molecule has 0 amide bonds. The number of carboxylic acids is 1. The Morgan fingerprint density at radius 3 is 3.11 bits per heavy atom. The average Bonchev–Trinajstić information content (AvgIpc) is 2.29. The molecule has 1 aromatic rings. The predicted molar refractivity (Wildman–Crippen MR) is 69.0 cm³/mol. The van der Waals surface area contributed by atoms with Gasteiger partial charge in [0.25, 0.3) is 0 Å². The molecule has 1 aromatic heterocycles. The molecule has 1 atom stereocenters. The molecule has 1 fully saturated rings. The summed E-state index contributed by atoms with van der Waals surface area (Å²) in [6, 6.07) is 1.23. The topological polar surface area (TPSA) is 78.4 Å². The average molecular weight is 293 g/mol. The largest absolute Gasteiger partial charge is 0.480 e. The van der Waals surface area contributed by atoms with Crippen LogP contribution in [0.15, 0.2) is 12.3 Å². The normalized spacial score (nSPS) is 20.2. The van der Waals surface area contributed by atoms with Crippen LogP contribution in [0.4, 0.5) is 0 Å². The van der Waals surface area contributed by atoms with Crippen molar-refractivity contribution in [2.45, 2.75) is 12.6 Å². The Balaban J connectivity index is 0.00000162. The second-order valence-electron chi connectivity index (χ2n) is 3.85. The number of halogens is 2. The summed E-state index contributed by atoms with van der Waals surface area (Å²) in [5.41, 5.74) is 0.734. The van der Waals surface area contributed by atoms with Crippen LogP contribution in [-0.2, 0) is 11.3 Å². The van der Waals surface area contributed by atoms with E-state index in [1.807, 2.05) is 4.90 Å². The van der Waals surface area contributed by atoms with Gasteiger partial charge in [-0.2, -0.15) is 0 Å². The van der Waals surface area contributed by atoms with Crippen molar-refractivity contribution in [3.63, 3.8) is 0 Å². The van der Waals surface area contributed by atoms with Crippen LogP contribution in [0.25, 0.3) is 0 Å². The molecule has 1 unspecified atom stereocenters. The summed E-state index contributed by atoms with van der Waals surface area (Å²) < 4.78 is 0. The van der Waals surface area contributed by atoms with E-state index in [9.17, 15) is 4.79 Å². The fourth-order valence-corrected chi connectivity index (χ4v) is 2.01. The van der Waals surface area contributed by atoms with Gasteiger partial charge < -0.3 is 10.4 Å². The maximum Gasteiger partial charge on any atom is 0.322 e. The minimum absolute atomic E-state index is 0. The zero-order valence-electron chi connectivity index (χ0n) is 9.54. The Labute approximate surface area is 116 Å². The van der Waals surface area contributed by atoms with Crippen molar-refractivity contribution in [3.8, 4) is 0 Å². The number of hydrogen-bond acceptors (Lipinski definition) is 5. The molecule has 0 aromatic carbocycles. The molecule has 18 heavy (non-hydrogen) atoms. The molecule has 2 rings (SSSR count). The summed E-state index contributed by atoms with van der Waals surface area (Å²) in [5, 5.41) is 12.3. The highest BCUT2D eigenvalue weighted by molar-refractivity contribution is 6.28. The highest BCUT2D eigenvalue weighted by Gasteiger charge is 2.28. The molecule has 100 valence electrons. The smallest absolute Gasteiger partial charge is 0.322 e. The molecule has 1 aliphatic heterocycles. The van der Waals surface area contributed by atoms with Gasteiger partial charge in [0.1, 0.15) is 6.04 Å². The number of aliphatic carboxylic acids is 1. The first-order chi connectivity index (χ1) is 8.16. The number of aromatic nitrogens is 2. The fourth-order valence-electron chi connectivity index (χ4n) is 1.84. The van der Waals surface area contributed by atoms with E-state index in [-0.39, 0.29) is 17.7 Å². The number of carbonyl (C=O) groups is 1. The van der Waals surface area contributed by atoms with Crippen LogP contribution in [0.3, 0.4) is 0 Å². The number of carboxylic acid groups (broad SMARTS) is 1. The van der Waals surface area contributed by atoms with Gasteiger partial charge in [-0.25, -0.2) is 9.97 Å². The van der Waals surface area contributed by atoms with Crippen LogP contribution in [0.1, 0.15) is 5.69 Å². The monoisotopic (exact) mass is 292 g/mol. The Bertz CT molecular complexity index is 419. The van der Waals surface area contributed by atoms with Gasteiger partial charge >= 0.3 is 5.97 Å². The van der Waals surface area contributed by atoms with E-state index in [2.05, 4.69) is 15.3 Å². The third-order valence-corrected chi connectivity index (χ3v) is 2.87. The van der Waals surface area contributed by atoms with Crippen LogP contribution in [0.5, 0.6) is 0 Å². The second-order valence-corrected chi connectivity index (χ2v) is 4.18. The molecule has 8 heteroatoms. The zero-order chi connectivity index (χ0) is 12.3. The Morgan fingerprint density at radius 1 is 1.67 bits per heavy atom. The Kier molecular flexibility index (Phi) is 5.74. The first-order valence-electron chi connectivity index (χ1n) is 5.32. The van der Waals surface area contributed by atoms with Crippen molar-refractivity contribution in [1.29, 1.82) is 0 Å². The lowest BCUT2D eigenvalue weighted by Crippen LogP contribution is -2.54. The van der Waals surface area contributed by atoms with Crippen molar-refractivity contribution in [1.82, 2.24) is 20.2 Å². The van der Waals surface area contributed by atoms with Crippen molar-refractivity contribution in [2.75, 3.05) is 19.6 Å². The summed E-state index contributed by atoms with van der Waals surface area (Å²) in [4.78, 5) is 20.8. The third kappa shape index (κ3) is 3.78. The molecular weight excluding hydrogens is 279 g/mol. The van der Waals surface area contributed by atoms with Gasteiger partial charge in [-0.3, -0.25) is 9.69 Å². The Morgan fingerprint density at radius 2 is 2.44 bits per heavy atom. The van der Waals surface area contributed by atoms with Crippen molar-refractivity contribution in [3.05, 3.63) is 23.2 Å². The van der Waals surface area contributed by atoms with E-state index >= 15 is 0 Å². The zero-order valence-corrected chi connectivity index (χ0v) is 11.1. The summed E-state index contributed by atoms with van der Waals surface area (Å²) in [6.45, 7) is 2.39. The number of piperazine rings is 1. The SMILES string of the molecule is Cl.O=C(O)C1CNCCN1Cc1ccnc(Cl)n1. The molecule has 2 N–H and O–H groups in total. The number of hydrogen-bond donors (Lipinski definition) is 2.